The number of nitrogens with zero attached hydrogens (tertiary/aromatic N) is 2. The van der Waals surface area contributed by atoms with Crippen LogP contribution in [0.25, 0.3) is 11.3 Å². The van der Waals surface area contributed by atoms with Crippen LogP contribution in [0.4, 0.5) is 10.8 Å². The normalized spacial score (nSPS) is 10.9. The molecule has 0 aliphatic rings. The van der Waals surface area contributed by atoms with Crippen LogP contribution in [0.3, 0.4) is 0 Å². The predicted octanol–water partition coefficient (Wildman–Crippen LogP) is 7.97. The van der Waals surface area contributed by atoms with Gasteiger partial charge < -0.3 is 10.1 Å². The lowest BCUT2D eigenvalue weighted by Crippen LogP contribution is -2.17. The number of anilines is 2. The molecule has 194 valence electrons. The molecular formula is C31H25BrN4O2S. The number of hydrogen-bond acceptors (Lipinski definition) is 6. The molecule has 0 bridgehead atoms. The first-order chi connectivity index (χ1) is 19.0. The van der Waals surface area contributed by atoms with Gasteiger partial charge in [-0.3, -0.25) is 4.79 Å². The van der Waals surface area contributed by atoms with Crippen molar-refractivity contribution in [3.05, 3.63) is 129 Å². The lowest BCUT2D eigenvalue weighted by atomic mass is 10.1. The lowest BCUT2D eigenvalue weighted by Gasteiger charge is -2.09. The maximum absolute atomic E-state index is 12.7. The van der Waals surface area contributed by atoms with E-state index in [4.69, 9.17) is 4.74 Å². The van der Waals surface area contributed by atoms with Crippen molar-refractivity contribution < 1.29 is 9.53 Å². The lowest BCUT2D eigenvalue weighted by molar-refractivity contribution is 0.0955. The molecule has 1 amide bonds. The van der Waals surface area contributed by atoms with E-state index < -0.39 is 0 Å². The first kappa shape index (κ1) is 26.3. The number of benzene rings is 4. The highest BCUT2D eigenvalue weighted by molar-refractivity contribution is 9.10. The van der Waals surface area contributed by atoms with Gasteiger partial charge in [0, 0.05) is 32.2 Å². The number of ether oxygens (including phenoxy) is 1. The van der Waals surface area contributed by atoms with Crippen molar-refractivity contribution in [3.63, 3.8) is 0 Å². The van der Waals surface area contributed by atoms with E-state index in [-0.39, 0.29) is 5.91 Å². The van der Waals surface area contributed by atoms with Gasteiger partial charge in [-0.25, -0.2) is 10.4 Å². The van der Waals surface area contributed by atoms with Gasteiger partial charge in [-0.05, 0) is 55.0 Å². The van der Waals surface area contributed by atoms with Crippen molar-refractivity contribution in [2.75, 3.05) is 5.32 Å². The summed E-state index contributed by atoms with van der Waals surface area (Å²) in [6.45, 7) is 2.49. The minimum atomic E-state index is -0.306. The molecule has 1 aromatic heterocycles. The topological polar surface area (TPSA) is 75.6 Å². The molecule has 1 heterocycles. The quantitative estimate of drug-likeness (QED) is 0.134. The Morgan fingerprint density at radius 2 is 1.77 bits per heavy atom. The second-order valence-electron chi connectivity index (χ2n) is 8.76. The smallest absolute Gasteiger partial charge is 0.271 e. The van der Waals surface area contributed by atoms with E-state index in [9.17, 15) is 4.79 Å². The number of aromatic nitrogens is 1. The molecule has 4 aromatic carbocycles. The number of thiazole rings is 1. The van der Waals surface area contributed by atoms with Gasteiger partial charge >= 0.3 is 0 Å². The Kier molecular flexibility index (Phi) is 8.45. The first-order valence-corrected chi connectivity index (χ1v) is 13.9. The Morgan fingerprint density at radius 3 is 2.54 bits per heavy atom. The number of carbonyl (C=O) groups is 1. The van der Waals surface area contributed by atoms with E-state index in [1.165, 1.54) is 16.9 Å². The van der Waals surface area contributed by atoms with Crippen LogP contribution >= 0.6 is 27.3 Å². The molecule has 0 unspecified atom stereocenters. The van der Waals surface area contributed by atoms with Crippen molar-refractivity contribution in [1.82, 2.24) is 10.4 Å². The van der Waals surface area contributed by atoms with Crippen molar-refractivity contribution in [3.8, 4) is 17.0 Å². The Morgan fingerprint density at radius 1 is 1.00 bits per heavy atom. The number of hydrogen-bond donors (Lipinski definition) is 2. The molecule has 6 nitrogen and oxygen atoms in total. The summed E-state index contributed by atoms with van der Waals surface area (Å²) in [6, 6.07) is 31.1. The molecule has 0 saturated carbocycles. The number of aryl methyl sites for hydroxylation is 1. The highest BCUT2D eigenvalue weighted by atomic mass is 79.9. The molecule has 2 N–H and O–H groups in total. The second kappa shape index (κ2) is 12.5. The van der Waals surface area contributed by atoms with E-state index in [0.717, 1.165) is 37.7 Å². The second-order valence-corrected chi connectivity index (χ2v) is 10.5. The van der Waals surface area contributed by atoms with Crippen molar-refractivity contribution >= 4 is 50.2 Å². The molecular weight excluding hydrogens is 572 g/mol. The minimum absolute atomic E-state index is 0.306. The summed E-state index contributed by atoms with van der Waals surface area (Å²) >= 11 is 5.02. The summed E-state index contributed by atoms with van der Waals surface area (Å²) in [5.74, 6) is 0.364. The average molecular weight is 598 g/mol. The van der Waals surface area contributed by atoms with Crippen molar-refractivity contribution in [2.24, 2.45) is 5.10 Å². The van der Waals surface area contributed by atoms with Gasteiger partial charge in [0.15, 0.2) is 5.13 Å². The zero-order valence-corrected chi connectivity index (χ0v) is 23.5. The van der Waals surface area contributed by atoms with E-state index in [1.54, 1.807) is 18.3 Å². The fourth-order valence-electron chi connectivity index (χ4n) is 3.73. The molecule has 0 radical (unpaired) electrons. The molecule has 0 fully saturated rings. The summed E-state index contributed by atoms with van der Waals surface area (Å²) in [7, 11) is 0. The third-order valence-electron chi connectivity index (χ3n) is 5.83. The van der Waals surface area contributed by atoms with Crippen LogP contribution in [0.5, 0.6) is 5.75 Å². The number of nitrogens with one attached hydrogen (secondary N) is 2. The predicted molar refractivity (Wildman–Crippen MR) is 162 cm³/mol. The van der Waals surface area contributed by atoms with Gasteiger partial charge in [0.25, 0.3) is 5.91 Å². The average Bonchev–Trinajstić information content (AvgIpc) is 3.43. The van der Waals surface area contributed by atoms with Crippen molar-refractivity contribution in [1.29, 1.82) is 0 Å². The summed E-state index contributed by atoms with van der Waals surface area (Å²) < 4.78 is 6.87. The SMILES string of the molecule is Cc1ccc(Nc2nc(-c3ccc(C(=O)N/N=C\c4cc(Br)ccc4OCc4ccccc4)cc3)cs2)cc1. The molecule has 0 spiro atoms. The molecule has 5 rings (SSSR count). The maximum Gasteiger partial charge on any atom is 0.271 e. The van der Waals surface area contributed by atoms with E-state index >= 15 is 0 Å². The van der Waals surface area contributed by atoms with Crippen LogP contribution < -0.4 is 15.5 Å². The van der Waals surface area contributed by atoms with Gasteiger partial charge in [0.05, 0.1) is 11.9 Å². The zero-order chi connectivity index (χ0) is 27.0. The minimum Gasteiger partial charge on any atom is -0.488 e. The molecule has 5 aromatic rings. The van der Waals surface area contributed by atoms with E-state index in [1.807, 2.05) is 78.2 Å². The monoisotopic (exact) mass is 596 g/mol. The van der Waals surface area contributed by atoms with Gasteiger partial charge in [0.1, 0.15) is 12.4 Å². The van der Waals surface area contributed by atoms with Gasteiger partial charge in [-0.1, -0.05) is 76.1 Å². The molecule has 0 aliphatic carbocycles. The van der Waals surface area contributed by atoms with E-state index in [0.29, 0.717) is 17.9 Å². The summed E-state index contributed by atoms with van der Waals surface area (Å²) in [5, 5.41) is 10.3. The molecule has 0 saturated heterocycles. The summed E-state index contributed by atoms with van der Waals surface area (Å²) in [4.78, 5) is 17.4. The largest absolute Gasteiger partial charge is 0.488 e. The summed E-state index contributed by atoms with van der Waals surface area (Å²) in [6.07, 6.45) is 1.58. The third kappa shape index (κ3) is 7.19. The summed E-state index contributed by atoms with van der Waals surface area (Å²) in [5.41, 5.74) is 8.88. The van der Waals surface area contributed by atoms with Gasteiger partial charge in [-0.2, -0.15) is 5.10 Å². The van der Waals surface area contributed by atoms with Crippen LogP contribution in [0.1, 0.15) is 27.0 Å². The molecule has 8 heteroatoms. The van der Waals surface area contributed by atoms with E-state index in [2.05, 4.69) is 55.8 Å². The Bertz CT molecular complexity index is 1580. The Balaban J connectivity index is 1.19. The Labute approximate surface area is 239 Å². The number of amides is 1. The fraction of sp³-hybridized carbons (Fsp3) is 0.0645. The molecule has 0 atom stereocenters. The van der Waals surface area contributed by atoms with Gasteiger partial charge in [-0.15, -0.1) is 11.3 Å². The number of carbonyl (C=O) groups excluding carboxylic acids is 1. The standard InChI is InChI=1S/C31H25BrN4O2S/c1-21-7-14-27(15-8-21)34-31-35-28(20-39-31)23-9-11-24(12-10-23)30(37)36-33-18-25-17-26(32)13-16-29(25)38-19-22-5-3-2-4-6-22/h2-18,20H,19H2,1H3,(H,34,35)(H,36,37)/b33-18-. The fourth-order valence-corrected chi connectivity index (χ4v) is 4.85. The van der Waals surface area contributed by atoms with Gasteiger partial charge in [0.2, 0.25) is 0 Å². The van der Waals surface area contributed by atoms with Crippen LogP contribution in [-0.4, -0.2) is 17.1 Å². The zero-order valence-electron chi connectivity index (χ0n) is 21.1. The van der Waals surface area contributed by atoms with Crippen molar-refractivity contribution in [2.45, 2.75) is 13.5 Å². The number of hydrazone groups is 1. The Hall–Kier alpha value is -4.27. The van der Waals surface area contributed by atoms with Crippen LogP contribution in [0.15, 0.2) is 112 Å². The first-order valence-electron chi connectivity index (χ1n) is 12.2. The number of rotatable bonds is 9. The third-order valence-corrected chi connectivity index (χ3v) is 7.08. The van der Waals surface area contributed by atoms with Crippen LogP contribution in [0.2, 0.25) is 0 Å². The molecule has 39 heavy (non-hydrogen) atoms. The number of halogens is 1. The van der Waals surface area contributed by atoms with Crippen LogP contribution in [0, 0.1) is 6.92 Å². The highest BCUT2D eigenvalue weighted by Crippen LogP contribution is 2.28. The van der Waals surface area contributed by atoms with Crippen LogP contribution in [-0.2, 0) is 6.61 Å². The highest BCUT2D eigenvalue weighted by Gasteiger charge is 2.09. The molecule has 0 aliphatic heterocycles. The maximum atomic E-state index is 12.7.